The number of anilines is 2. The summed E-state index contributed by atoms with van der Waals surface area (Å²) in [5.74, 6) is -1.17. The molecule has 0 radical (unpaired) electrons. The Morgan fingerprint density at radius 3 is 1.51 bits per heavy atom. The molecule has 0 spiro atoms. The van der Waals surface area contributed by atoms with Crippen molar-refractivity contribution in [3.63, 3.8) is 0 Å². The van der Waals surface area contributed by atoms with Gasteiger partial charge >= 0.3 is 0 Å². The molecule has 0 aromatic heterocycles. The number of para-hydroxylation sites is 2. The highest BCUT2D eigenvalue weighted by atomic mass is 31.2. The van der Waals surface area contributed by atoms with Crippen LogP contribution in [0.5, 0.6) is 0 Å². The Morgan fingerprint density at radius 2 is 1.00 bits per heavy atom. The molecule has 7 heteroatoms. The highest BCUT2D eigenvalue weighted by molar-refractivity contribution is 7.87. The van der Waals surface area contributed by atoms with Gasteiger partial charge in [0, 0.05) is 16.2 Å². The zero-order valence-electron chi connectivity index (χ0n) is 22.1. The van der Waals surface area contributed by atoms with Crippen molar-refractivity contribution in [3.05, 3.63) is 162 Å². The van der Waals surface area contributed by atoms with Crippen LogP contribution < -0.4 is 27.0 Å². The van der Waals surface area contributed by atoms with Crippen molar-refractivity contribution in [2.45, 2.75) is 0 Å². The largest absolute Gasteiger partial charge is 0.397 e. The molecule has 0 atom stereocenters. The molecule has 202 valence electrons. The molecule has 0 saturated carbocycles. The van der Waals surface area contributed by atoms with Crippen molar-refractivity contribution < 1.29 is 14.2 Å². The second-order valence-electron chi connectivity index (χ2n) is 9.23. The lowest BCUT2D eigenvalue weighted by atomic mass is 10.1. The summed E-state index contributed by atoms with van der Waals surface area (Å²) in [6.45, 7) is 0. The van der Waals surface area contributed by atoms with Crippen LogP contribution in [0, 0.1) is 0 Å². The number of amides is 2. The van der Waals surface area contributed by atoms with E-state index < -0.39 is 19.0 Å². The van der Waals surface area contributed by atoms with Crippen LogP contribution in [-0.2, 0) is 9.36 Å². The summed E-state index contributed by atoms with van der Waals surface area (Å²) in [5.41, 5.74) is 7.60. The van der Waals surface area contributed by atoms with Crippen LogP contribution >= 0.6 is 7.14 Å². The maximum Gasteiger partial charge on any atom is 0.273 e. The van der Waals surface area contributed by atoms with Crippen molar-refractivity contribution in [2.24, 2.45) is 0 Å². The number of carbonyl (C=O) groups excluding carboxylic acids is 2. The maximum absolute atomic E-state index is 15.7. The second-order valence-corrected chi connectivity index (χ2v) is 11.9. The van der Waals surface area contributed by atoms with Gasteiger partial charge < -0.3 is 20.9 Å². The smallest absolute Gasteiger partial charge is 0.273 e. The molecule has 5 aromatic rings. The molecule has 0 unspecified atom stereocenters. The fraction of sp³-hybridized carbons (Fsp3) is 0. The highest BCUT2D eigenvalue weighted by Crippen LogP contribution is 2.57. The van der Waals surface area contributed by atoms with E-state index in [0.717, 1.165) is 0 Å². The predicted octanol–water partition coefficient (Wildman–Crippen LogP) is 6.02. The number of carbonyl (C=O) groups is 2. The monoisotopic (exact) mass is 557 g/mol. The minimum Gasteiger partial charge on any atom is -0.397 e. The van der Waals surface area contributed by atoms with Gasteiger partial charge in [-0.1, -0.05) is 121 Å². The molecule has 0 aliphatic rings. The summed E-state index contributed by atoms with van der Waals surface area (Å²) < 4.78 is 15.7. The number of hydrogen-bond donors (Lipinski definition) is 3. The first-order valence-corrected chi connectivity index (χ1v) is 14.7. The number of benzene rings is 5. The molecule has 0 heterocycles. The molecule has 6 nitrogen and oxygen atoms in total. The first-order valence-electron chi connectivity index (χ1n) is 13.0. The summed E-state index contributed by atoms with van der Waals surface area (Å²) in [6.07, 6.45) is 0. The third kappa shape index (κ3) is 5.88. The lowest BCUT2D eigenvalue weighted by Crippen LogP contribution is -2.33. The lowest BCUT2D eigenvalue weighted by molar-refractivity contribution is -0.113. The molecule has 0 bridgehead atoms. The van der Waals surface area contributed by atoms with Gasteiger partial charge in [-0.05, 0) is 29.8 Å². The fourth-order valence-electron chi connectivity index (χ4n) is 4.56. The van der Waals surface area contributed by atoms with Gasteiger partial charge in [0.2, 0.25) is 0 Å². The standard InChI is InChI=1S/C34H28N3O3P/c35-29-23-13-14-24-30(29)36-34(39)31(37-33(38)26-17-7-2-8-18-26)32(25-15-5-1-6-16-25)41(40,27-19-9-3-10-20-27)28-21-11-4-12-22-28/h1-24H,35H2,(H,36,39)(H,37,38)/b32-31+. The maximum atomic E-state index is 15.7. The van der Waals surface area contributed by atoms with Crippen molar-refractivity contribution >= 4 is 46.3 Å². The minimum atomic E-state index is -3.76. The molecule has 2 amide bonds. The fourth-order valence-corrected chi connectivity index (χ4v) is 7.54. The van der Waals surface area contributed by atoms with Crippen LogP contribution in [0.2, 0.25) is 0 Å². The summed E-state index contributed by atoms with van der Waals surface area (Å²) in [6, 6.07) is 42.4. The molecule has 4 N–H and O–H groups in total. The van der Waals surface area contributed by atoms with Gasteiger partial charge in [0.25, 0.3) is 11.8 Å². The van der Waals surface area contributed by atoms with E-state index in [1.165, 1.54) is 0 Å². The van der Waals surface area contributed by atoms with Crippen LogP contribution in [0.3, 0.4) is 0 Å². The molecule has 5 aromatic carbocycles. The van der Waals surface area contributed by atoms with E-state index in [2.05, 4.69) is 10.6 Å². The van der Waals surface area contributed by atoms with Crippen molar-refractivity contribution in [1.82, 2.24) is 5.32 Å². The Balaban J connectivity index is 1.82. The average molecular weight is 558 g/mol. The Kier molecular flexibility index (Phi) is 8.23. The van der Waals surface area contributed by atoms with Crippen molar-refractivity contribution in [3.8, 4) is 0 Å². The second kappa shape index (κ2) is 12.3. The van der Waals surface area contributed by atoms with E-state index in [9.17, 15) is 9.59 Å². The van der Waals surface area contributed by atoms with Gasteiger partial charge in [-0.2, -0.15) is 0 Å². The van der Waals surface area contributed by atoms with E-state index in [4.69, 9.17) is 5.73 Å². The molecule has 0 fully saturated rings. The molecule has 0 aliphatic heterocycles. The van der Waals surface area contributed by atoms with Crippen molar-refractivity contribution in [2.75, 3.05) is 11.1 Å². The SMILES string of the molecule is Nc1ccccc1NC(=O)/C(NC(=O)c1ccccc1)=C(/c1ccccc1)P(=O)(c1ccccc1)c1ccccc1. The molecular formula is C34H28N3O3P. The van der Waals surface area contributed by atoms with Crippen molar-refractivity contribution in [1.29, 1.82) is 0 Å². The first kappa shape index (κ1) is 27.4. The number of hydrogen-bond acceptors (Lipinski definition) is 4. The quantitative estimate of drug-likeness (QED) is 0.123. The van der Waals surface area contributed by atoms with Crippen LogP contribution in [0.25, 0.3) is 5.31 Å². The van der Waals surface area contributed by atoms with E-state index >= 15 is 4.57 Å². The predicted molar refractivity (Wildman–Crippen MR) is 167 cm³/mol. The topological polar surface area (TPSA) is 101 Å². The highest BCUT2D eigenvalue weighted by Gasteiger charge is 2.38. The number of nitrogens with two attached hydrogens (primary N) is 1. The zero-order valence-corrected chi connectivity index (χ0v) is 23.0. The third-order valence-electron chi connectivity index (χ3n) is 6.55. The molecule has 0 aliphatic carbocycles. The first-order chi connectivity index (χ1) is 20.0. The lowest BCUT2D eigenvalue weighted by Gasteiger charge is -2.26. The van der Waals surface area contributed by atoms with Gasteiger partial charge in [0.15, 0.2) is 7.14 Å². The van der Waals surface area contributed by atoms with E-state index in [1.54, 1.807) is 127 Å². The number of rotatable bonds is 8. The Labute approximate surface area is 238 Å². The summed E-state index contributed by atoms with van der Waals surface area (Å²) in [4.78, 5) is 27.8. The summed E-state index contributed by atoms with van der Waals surface area (Å²) in [5, 5.41) is 6.90. The van der Waals surface area contributed by atoms with E-state index in [1.807, 2.05) is 18.2 Å². The van der Waals surface area contributed by atoms with Gasteiger partial charge in [-0.25, -0.2) is 0 Å². The summed E-state index contributed by atoms with van der Waals surface area (Å²) >= 11 is 0. The molecular weight excluding hydrogens is 529 g/mol. The molecule has 0 saturated heterocycles. The van der Waals surface area contributed by atoms with Gasteiger partial charge in [-0.15, -0.1) is 0 Å². The average Bonchev–Trinajstić information content (AvgIpc) is 3.03. The zero-order chi connectivity index (χ0) is 28.7. The molecule has 5 rings (SSSR count). The Hall–Kier alpha value is -5.19. The number of nitrogens with one attached hydrogen (secondary N) is 2. The minimum absolute atomic E-state index is 0.135. The Bertz CT molecular complexity index is 1700. The Morgan fingerprint density at radius 1 is 0.561 bits per heavy atom. The van der Waals surface area contributed by atoms with Crippen LogP contribution in [-0.4, -0.2) is 11.8 Å². The van der Waals surface area contributed by atoms with Gasteiger partial charge in [0.05, 0.1) is 16.7 Å². The van der Waals surface area contributed by atoms with Crippen LogP contribution in [0.1, 0.15) is 15.9 Å². The third-order valence-corrected chi connectivity index (χ3v) is 9.71. The molecule has 41 heavy (non-hydrogen) atoms. The summed E-state index contributed by atoms with van der Waals surface area (Å²) in [7, 11) is -3.76. The van der Waals surface area contributed by atoms with Crippen LogP contribution in [0.15, 0.2) is 151 Å². The van der Waals surface area contributed by atoms with E-state index in [-0.39, 0.29) is 11.0 Å². The number of nitrogen functional groups attached to an aromatic ring is 1. The van der Waals surface area contributed by atoms with Gasteiger partial charge in [-0.3, -0.25) is 9.59 Å². The van der Waals surface area contributed by atoms with E-state index in [0.29, 0.717) is 33.1 Å². The normalized spacial score (nSPS) is 11.7. The van der Waals surface area contributed by atoms with Crippen LogP contribution in [0.4, 0.5) is 11.4 Å². The van der Waals surface area contributed by atoms with Gasteiger partial charge in [0.1, 0.15) is 5.70 Å².